The number of carbonyl (C=O) groups excluding carboxylic acids is 1. The van der Waals surface area contributed by atoms with Crippen LogP contribution in [0.2, 0.25) is 0 Å². The lowest BCUT2D eigenvalue weighted by Crippen LogP contribution is -2.54. The van der Waals surface area contributed by atoms with Crippen LogP contribution < -0.4 is 5.48 Å². The minimum absolute atomic E-state index is 0.0901. The number of amides is 1. The molecule has 0 bridgehead atoms. The number of esters is 1. The van der Waals surface area contributed by atoms with Crippen LogP contribution in [-0.4, -0.2) is 46.3 Å². The molecule has 0 saturated carbocycles. The van der Waals surface area contributed by atoms with Crippen LogP contribution in [0, 0.1) is 18.3 Å². The molecule has 4 N–H and O–H groups in total. The lowest BCUT2D eigenvalue weighted by atomic mass is 9.71. The summed E-state index contributed by atoms with van der Waals surface area (Å²) in [6.07, 6.45) is 1.47. The van der Waals surface area contributed by atoms with E-state index in [1.54, 1.807) is 13.0 Å². The Morgan fingerprint density at radius 2 is 2.07 bits per heavy atom. The monoisotopic (exact) mass is 419 g/mol. The molecule has 1 aliphatic heterocycles. The summed E-state index contributed by atoms with van der Waals surface area (Å²) >= 11 is 0. The fourth-order valence-corrected chi connectivity index (χ4v) is 4.73. The van der Waals surface area contributed by atoms with Gasteiger partial charge in [0.05, 0.1) is 12.1 Å². The van der Waals surface area contributed by atoms with Crippen LogP contribution in [0.1, 0.15) is 68.7 Å². The molecule has 1 aromatic carbocycles. The number of benzene rings is 1. The van der Waals surface area contributed by atoms with Gasteiger partial charge >= 0.3 is 12.1 Å². The van der Waals surface area contributed by atoms with E-state index in [2.05, 4.69) is 13.8 Å². The zero-order chi connectivity index (χ0) is 22.5. The van der Waals surface area contributed by atoms with E-state index in [4.69, 9.17) is 15.4 Å². The van der Waals surface area contributed by atoms with E-state index < -0.39 is 11.6 Å². The molecule has 8 nitrogen and oxygen atoms in total. The van der Waals surface area contributed by atoms with Gasteiger partial charge in [0, 0.05) is 18.5 Å². The lowest BCUT2D eigenvalue weighted by Gasteiger charge is -2.49. The highest BCUT2D eigenvalue weighted by molar-refractivity contribution is 5.97. The summed E-state index contributed by atoms with van der Waals surface area (Å²) in [6, 6.07) is 3.64. The summed E-state index contributed by atoms with van der Waals surface area (Å²) in [6.45, 7) is 8.46. The molecular weight excluding hydrogens is 386 g/mol. The number of carbonyl (C=O) groups is 2. The zero-order valence-corrected chi connectivity index (χ0v) is 18.2. The van der Waals surface area contributed by atoms with Crippen molar-refractivity contribution >= 4 is 17.9 Å². The molecule has 166 valence electrons. The van der Waals surface area contributed by atoms with Crippen molar-refractivity contribution in [2.24, 2.45) is 5.92 Å². The first-order chi connectivity index (χ1) is 14.2. The van der Waals surface area contributed by atoms with Gasteiger partial charge in [0.25, 0.3) is 0 Å². The number of hydrogen-bond acceptors (Lipinski definition) is 5. The second kappa shape index (κ2) is 9.93. The van der Waals surface area contributed by atoms with Crippen molar-refractivity contribution in [3.8, 4) is 0 Å². The third-order valence-corrected chi connectivity index (χ3v) is 5.84. The Balaban J connectivity index is 2.55. The molecule has 0 aromatic heterocycles. The largest absolute Gasteiger partial charge is 0.466 e. The number of amidine groups is 1. The van der Waals surface area contributed by atoms with Crippen LogP contribution in [0.5, 0.6) is 0 Å². The van der Waals surface area contributed by atoms with Crippen LogP contribution >= 0.6 is 0 Å². The number of carboxylic acid groups (broad SMARTS) is 1. The Labute approximate surface area is 177 Å². The van der Waals surface area contributed by atoms with E-state index in [1.165, 1.54) is 4.90 Å². The highest BCUT2D eigenvalue weighted by Crippen LogP contribution is 2.45. The van der Waals surface area contributed by atoms with Gasteiger partial charge in [0.15, 0.2) is 0 Å². The lowest BCUT2D eigenvalue weighted by molar-refractivity contribution is -0.143. The van der Waals surface area contributed by atoms with Crippen molar-refractivity contribution < 1.29 is 24.6 Å². The number of ether oxygens (including phenoxy) is 1. The molecule has 1 unspecified atom stereocenters. The Bertz CT molecular complexity index is 808. The number of nitrogens with one attached hydrogen (secondary N) is 2. The fourth-order valence-electron chi connectivity index (χ4n) is 4.73. The maximum Gasteiger partial charge on any atom is 0.408 e. The second-order valence-corrected chi connectivity index (χ2v) is 8.22. The van der Waals surface area contributed by atoms with E-state index in [1.807, 2.05) is 18.5 Å². The van der Waals surface area contributed by atoms with Gasteiger partial charge in [-0.15, -0.1) is 0 Å². The molecule has 0 saturated heterocycles. The van der Waals surface area contributed by atoms with Crippen molar-refractivity contribution in [1.29, 1.82) is 5.41 Å². The van der Waals surface area contributed by atoms with Gasteiger partial charge in [-0.1, -0.05) is 26.0 Å². The van der Waals surface area contributed by atoms with Gasteiger partial charge in [0.2, 0.25) is 0 Å². The average molecular weight is 420 g/mol. The van der Waals surface area contributed by atoms with E-state index in [-0.39, 0.29) is 24.1 Å². The van der Waals surface area contributed by atoms with Crippen molar-refractivity contribution in [3.05, 3.63) is 34.4 Å². The Hall–Kier alpha value is -2.61. The molecule has 1 amide bonds. The minimum Gasteiger partial charge on any atom is -0.466 e. The molecule has 1 heterocycles. The number of fused-ring (bicyclic) bond motifs is 1. The molecule has 0 fully saturated rings. The highest BCUT2D eigenvalue weighted by atomic mass is 16.5. The van der Waals surface area contributed by atoms with Crippen LogP contribution in [0.3, 0.4) is 0 Å². The molecule has 8 heteroatoms. The summed E-state index contributed by atoms with van der Waals surface area (Å²) in [7, 11) is 0. The Morgan fingerprint density at radius 3 is 2.63 bits per heavy atom. The summed E-state index contributed by atoms with van der Waals surface area (Å²) in [5.41, 5.74) is 4.54. The van der Waals surface area contributed by atoms with Crippen LogP contribution in [0.4, 0.5) is 4.79 Å². The van der Waals surface area contributed by atoms with E-state index in [0.29, 0.717) is 44.4 Å². The zero-order valence-electron chi connectivity index (χ0n) is 18.2. The van der Waals surface area contributed by atoms with Crippen molar-refractivity contribution in [2.45, 2.75) is 65.3 Å². The summed E-state index contributed by atoms with van der Waals surface area (Å²) in [5.74, 6) is -0.130. The molecule has 1 aromatic rings. The van der Waals surface area contributed by atoms with Crippen molar-refractivity contribution in [2.75, 3.05) is 13.2 Å². The molecular formula is C22H33N3O5. The maximum absolute atomic E-state index is 12.2. The van der Waals surface area contributed by atoms with E-state index in [0.717, 1.165) is 16.7 Å². The second-order valence-electron chi connectivity index (χ2n) is 8.22. The van der Waals surface area contributed by atoms with E-state index >= 15 is 0 Å². The molecule has 2 rings (SSSR count). The summed E-state index contributed by atoms with van der Waals surface area (Å²) < 4.78 is 5.04. The molecule has 0 aliphatic carbocycles. The molecule has 1 aliphatic rings. The maximum atomic E-state index is 12.2. The third kappa shape index (κ3) is 4.75. The van der Waals surface area contributed by atoms with Gasteiger partial charge in [0.1, 0.15) is 5.84 Å². The SMILES string of the molecule is CCOC(=O)CCCC1(CC(C)C)c2ccc(C(=N)NO)c(C)c2CCN1C(=O)O. The van der Waals surface area contributed by atoms with Crippen LogP contribution in [0.25, 0.3) is 0 Å². The molecule has 30 heavy (non-hydrogen) atoms. The van der Waals surface area contributed by atoms with Crippen LogP contribution in [0.15, 0.2) is 12.1 Å². The first-order valence-electron chi connectivity index (χ1n) is 10.5. The Kier molecular flexibility index (Phi) is 7.83. The van der Waals surface area contributed by atoms with Gasteiger partial charge < -0.3 is 9.84 Å². The average Bonchev–Trinajstić information content (AvgIpc) is 2.67. The predicted octanol–water partition coefficient (Wildman–Crippen LogP) is 3.81. The topological polar surface area (TPSA) is 123 Å². The highest BCUT2D eigenvalue weighted by Gasteiger charge is 2.45. The smallest absolute Gasteiger partial charge is 0.408 e. The van der Waals surface area contributed by atoms with Crippen LogP contribution in [-0.2, 0) is 21.5 Å². The first-order valence-corrected chi connectivity index (χ1v) is 10.5. The molecule has 0 radical (unpaired) electrons. The number of rotatable bonds is 8. The van der Waals surface area contributed by atoms with Crippen molar-refractivity contribution in [3.63, 3.8) is 0 Å². The summed E-state index contributed by atoms with van der Waals surface area (Å²) in [5, 5.41) is 27.1. The Morgan fingerprint density at radius 1 is 1.37 bits per heavy atom. The molecule has 0 spiro atoms. The van der Waals surface area contributed by atoms with Gasteiger partial charge in [-0.2, -0.15) is 0 Å². The standard InChI is InChI=1S/C22H33N3O5/c1-5-30-19(26)7-6-11-22(13-14(2)3)18-9-8-17(20(23)24-29)15(4)16(18)10-12-25(22)21(27)28/h8-9,14,29H,5-7,10-13H2,1-4H3,(H2,23,24)(H,27,28). The van der Waals surface area contributed by atoms with Gasteiger partial charge in [-0.3, -0.25) is 25.8 Å². The predicted molar refractivity (Wildman–Crippen MR) is 113 cm³/mol. The molecule has 1 atom stereocenters. The number of nitrogens with zero attached hydrogens (tertiary/aromatic N) is 1. The fraction of sp³-hybridized carbons (Fsp3) is 0.591. The quantitative estimate of drug-likeness (QED) is 0.220. The van der Waals surface area contributed by atoms with E-state index in [9.17, 15) is 14.7 Å². The van der Waals surface area contributed by atoms with Crippen molar-refractivity contribution in [1.82, 2.24) is 10.4 Å². The minimum atomic E-state index is -0.969. The summed E-state index contributed by atoms with van der Waals surface area (Å²) in [4.78, 5) is 25.6. The normalized spacial score (nSPS) is 18.1. The third-order valence-electron chi connectivity index (χ3n) is 5.84. The van der Waals surface area contributed by atoms with Gasteiger partial charge in [-0.05, 0) is 62.1 Å². The number of hydroxylamine groups is 1. The number of hydrogen-bond donors (Lipinski definition) is 4. The van der Waals surface area contributed by atoms with Gasteiger partial charge in [-0.25, -0.2) is 4.79 Å². The first kappa shape index (κ1) is 23.7.